The number of nitrogens with zero attached hydrogens (tertiary/aromatic N) is 1. The molecule has 96 valence electrons. The molecule has 1 N–H and O–H groups in total. The van der Waals surface area contributed by atoms with E-state index in [1.165, 1.54) is 19.3 Å². The number of H-pyrrole nitrogens is 1. The fraction of sp³-hybridized carbons (Fsp3) is 0.500. The maximum atomic E-state index is 6.31. The average Bonchev–Trinajstić information content (AvgIpc) is 2.86. The van der Waals surface area contributed by atoms with Gasteiger partial charge in [0.25, 0.3) is 0 Å². The smallest absolute Gasteiger partial charge is 0.178 e. The minimum Gasteiger partial charge on any atom is -0.331 e. The molecule has 18 heavy (non-hydrogen) atoms. The Balaban J connectivity index is 2.06. The molecule has 4 heteroatoms. The number of fused-ring (bicyclic) bond motifs is 1. The Morgan fingerprint density at radius 3 is 3.00 bits per heavy atom. The maximum absolute atomic E-state index is 6.31. The van der Waals surface area contributed by atoms with Gasteiger partial charge in [0.2, 0.25) is 0 Å². The number of aromatic amines is 1. The van der Waals surface area contributed by atoms with Crippen LogP contribution >= 0.6 is 23.8 Å². The van der Waals surface area contributed by atoms with Crippen LogP contribution < -0.4 is 0 Å². The van der Waals surface area contributed by atoms with Crippen LogP contribution in [-0.2, 0) is 6.54 Å². The van der Waals surface area contributed by atoms with E-state index in [4.69, 9.17) is 23.8 Å². The summed E-state index contributed by atoms with van der Waals surface area (Å²) in [5, 5.41) is 0.783. The van der Waals surface area contributed by atoms with Gasteiger partial charge in [-0.25, -0.2) is 0 Å². The molecule has 0 saturated heterocycles. The summed E-state index contributed by atoms with van der Waals surface area (Å²) < 4.78 is 2.97. The molecule has 1 fully saturated rings. The van der Waals surface area contributed by atoms with Gasteiger partial charge < -0.3 is 9.55 Å². The van der Waals surface area contributed by atoms with E-state index in [0.717, 1.165) is 39.2 Å². The molecule has 0 radical (unpaired) electrons. The Morgan fingerprint density at radius 1 is 1.44 bits per heavy atom. The number of hydrogen-bond acceptors (Lipinski definition) is 1. The fourth-order valence-corrected chi connectivity index (χ4v) is 3.63. The van der Waals surface area contributed by atoms with Gasteiger partial charge in [-0.3, -0.25) is 0 Å². The topological polar surface area (TPSA) is 20.7 Å². The summed E-state index contributed by atoms with van der Waals surface area (Å²) in [4.78, 5) is 3.25. The number of halogens is 1. The minimum absolute atomic E-state index is 0.729. The van der Waals surface area contributed by atoms with Crippen LogP contribution in [0.3, 0.4) is 0 Å². The zero-order valence-corrected chi connectivity index (χ0v) is 12.0. The highest BCUT2D eigenvalue weighted by Crippen LogP contribution is 2.34. The highest BCUT2D eigenvalue weighted by atomic mass is 35.5. The molecule has 2 nitrogen and oxygen atoms in total. The first-order chi connectivity index (χ1) is 8.66. The summed E-state index contributed by atoms with van der Waals surface area (Å²) in [5.74, 6) is 1.52. The summed E-state index contributed by atoms with van der Waals surface area (Å²) in [6.07, 6.45) is 3.99. The predicted octanol–water partition coefficient (Wildman–Crippen LogP) is 4.79. The van der Waals surface area contributed by atoms with Gasteiger partial charge in [-0.1, -0.05) is 37.4 Å². The van der Waals surface area contributed by atoms with E-state index in [-0.39, 0.29) is 0 Å². The highest BCUT2D eigenvalue weighted by Gasteiger charge is 2.24. The summed E-state index contributed by atoms with van der Waals surface area (Å²) in [6, 6.07) is 5.92. The van der Waals surface area contributed by atoms with Crippen molar-refractivity contribution in [1.29, 1.82) is 0 Å². The lowest BCUT2D eigenvalue weighted by atomic mass is 9.98. The number of imidazole rings is 1. The van der Waals surface area contributed by atoms with Crippen LogP contribution in [0.25, 0.3) is 11.0 Å². The summed E-state index contributed by atoms with van der Waals surface area (Å²) >= 11 is 11.7. The summed E-state index contributed by atoms with van der Waals surface area (Å²) in [5.41, 5.74) is 2.10. The minimum atomic E-state index is 0.729. The van der Waals surface area contributed by atoms with E-state index >= 15 is 0 Å². The van der Waals surface area contributed by atoms with Crippen molar-refractivity contribution in [3.63, 3.8) is 0 Å². The molecule has 0 aliphatic heterocycles. The number of aromatic nitrogens is 2. The fourth-order valence-electron chi connectivity index (χ4n) is 3.08. The standard InChI is InChI=1S/C14H17ClN2S/c1-9-4-2-5-10(9)8-17-13-11(15)6-3-7-12(13)16-14(17)18/h3,6-7,9-10H,2,4-5,8H2,1H3,(H,16,18). The Morgan fingerprint density at radius 2 is 2.28 bits per heavy atom. The first-order valence-electron chi connectivity index (χ1n) is 6.54. The number of nitrogens with one attached hydrogen (secondary N) is 1. The molecule has 2 atom stereocenters. The van der Waals surface area contributed by atoms with E-state index in [2.05, 4.69) is 16.5 Å². The van der Waals surface area contributed by atoms with Crippen LogP contribution in [0.2, 0.25) is 5.02 Å². The van der Waals surface area contributed by atoms with Gasteiger partial charge in [0.15, 0.2) is 4.77 Å². The SMILES string of the molecule is CC1CCCC1Cn1c(=S)[nH]c2cccc(Cl)c21. The van der Waals surface area contributed by atoms with Gasteiger partial charge in [0.1, 0.15) is 0 Å². The van der Waals surface area contributed by atoms with Crippen molar-refractivity contribution >= 4 is 34.9 Å². The first kappa shape index (κ1) is 12.2. The van der Waals surface area contributed by atoms with Gasteiger partial charge in [0, 0.05) is 6.54 Å². The Kier molecular flexibility index (Phi) is 3.20. The summed E-state index contributed by atoms with van der Waals surface area (Å²) in [6.45, 7) is 3.33. The first-order valence-corrected chi connectivity index (χ1v) is 7.32. The van der Waals surface area contributed by atoms with Gasteiger partial charge in [0.05, 0.1) is 16.1 Å². The zero-order valence-electron chi connectivity index (χ0n) is 10.4. The quantitative estimate of drug-likeness (QED) is 0.785. The monoisotopic (exact) mass is 280 g/mol. The second kappa shape index (κ2) is 4.71. The average molecular weight is 281 g/mol. The third-order valence-corrected chi connectivity index (χ3v) is 4.83. The third-order valence-electron chi connectivity index (χ3n) is 4.20. The molecule has 2 aromatic rings. The van der Waals surface area contributed by atoms with Crippen molar-refractivity contribution in [2.45, 2.75) is 32.7 Å². The highest BCUT2D eigenvalue weighted by molar-refractivity contribution is 7.71. The number of benzene rings is 1. The lowest BCUT2D eigenvalue weighted by Gasteiger charge is -2.16. The van der Waals surface area contributed by atoms with Crippen LogP contribution in [0.15, 0.2) is 18.2 Å². The molecule has 1 aliphatic carbocycles. The zero-order chi connectivity index (χ0) is 12.7. The van der Waals surface area contributed by atoms with E-state index in [0.29, 0.717) is 0 Å². The number of para-hydroxylation sites is 1. The molecule has 3 rings (SSSR count). The maximum Gasteiger partial charge on any atom is 0.178 e. The van der Waals surface area contributed by atoms with Crippen molar-refractivity contribution in [2.75, 3.05) is 0 Å². The second-order valence-electron chi connectivity index (χ2n) is 5.35. The molecular weight excluding hydrogens is 264 g/mol. The normalized spacial score (nSPS) is 23.9. The lowest BCUT2D eigenvalue weighted by molar-refractivity contribution is 0.366. The molecule has 1 aromatic heterocycles. The van der Waals surface area contributed by atoms with Crippen LogP contribution in [0.5, 0.6) is 0 Å². The molecule has 2 unspecified atom stereocenters. The molecular formula is C14H17ClN2S. The Bertz CT molecular complexity index is 628. The third kappa shape index (κ3) is 1.99. The van der Waals surface area contributed by atoms with Crippen molar-refractivity contribution in [1.82, 2.24) is 9.55 Å². The molecule has 0 bridgehead atoms. The predicted molar refractivity (Wildman–Crippen MR) is 78.6 cm³/mol. The van der Waals surface area contributed by atoms with Crippen molar-refractivity contribution in [3.05, 3.63) is 28.0 Å². The Hall–Kier alpha value is -0.800. The molecule has 1 aromatic carbocycles. The summed E-state index contributed by atoms with van der Waals surface area (Å²) in [7, 11) is 0. The van der Waals surface area contributed by atoms with Gasteiger partial charge in [-0.2, -0.15) is 0 Å². The van der Waals surface area contributed by atoms with Crippen LogP contribution in [0.4, 0.5) is 0 Å². The van der Waals surface area contributed by atoms with Crippen molar-refractivity contribution in [2.24, 2.45) is 11.8 Å². The molecule has 0 spiro atoms. The van der Waals surface area contributed by atoms with Gasteiger partial charge in [-0.05, 0) is 42.6 Å². The molecule has 1 heterocycles. The Labute approximate surface area is 117 Å². The lowest BCUT2D eigenvalue weighted by Crippen LogP contribution is -2.13. The van der Waals surface area contributed by atoms with E-state index < -0.39 is 0 Å². The van der Waals surface area contributed by atoms with Crippen LogP contribution in [0, 0.1) is 16.6 Å². The second-order valence-corrected chi connectivity index (χ2v) is 6.14. The van der Waals surface area contributed by atoms with Crippen LogP contribution in [-0.4, -0.2) is 9.55 Å². The largest absolute Gasteiger partial charge is 0.331 e. The van der Waals surface area contributed by atoms with E-state index in [1.807, 2.05) is 18.2 Å². The number of rotatable bonds is 2. The van der Waals surface area contributed by atoms with Crippen molar-refractivity contribution in [3.8, 4) is 0 Å². The van der Waals surface area contributed by atoms with Gasteiger partial charge >= 0.3 is 0 Å². The molecule has 1 saturated carbocycles. The van der Waals surface area contributed by atoms with E-state index in [1.54, 1.807) is 0 Å². The number of hydrogen-bond donors (Lipinski definition) is 1. The van der Waals surface area contributed by atoms with Crippen molar-refractivity contribution < 1.29 is 0 Å². The van der Waals surface area contributed by atoms with Crippen LogP contribution in [0.1, 0.15) is 26.2 Å². The van der Waals surface area contributed by atoms with E-state index in [9.17, 15) is 0 Å². The van der Waals surface area contributed by atoms with Gasteiger partial charge in [-0.15, -0.1) is 0 Å². The molecule has 1 aliphatic rings. The molecule has 0 amide bonds.